The molecule has 0 atom stereocenters. The summed E-state index contributed by atoms with van der Waals surface area (Å²) >= 11 is 4.67. The molecule has 150 valence electrons. The van der Waals surface area contributed by atoms with Crippen molar-refractivity contribution >= 4 is 45.2 Å². The van der Waals surface area contributed by atoms with Crippen molar-refractivity contribution in [3.05, 3.63) is 70.5 Å². The molecule has 0 fully saturated rings. The zero-order valence-electron chi connectivity index (χ0n) is 15.8. The van der Waals surface area contributed by atoms with E-state index in [1.54, 1.807) is 12.1 Å². The van der Waals surface area contributed by atoms with E-state index in [1.165, 1.54) is 11.8 Å². The number of aromatic nitrogens is 3. The topological polar surface area (TPSA) is 88.9 Å². The minimum atomic E-state index is -0.133. The molecule has 2 N–H and O–H groups in total. The van der Waals surface area contributed by atoms with Crippen molar-refractivity contribution in [3.63, 3.8) is 0 Å². The molecule has 2 aromatic carbocycles. The maximum Gasteiger partial charge on any atom is 0.251 e. The molecule has 0 spiro atoms. The summed E-state index contributed by atoms with van der Waals surface area (Å²) in [4.78, 5) is 24.2. The van der Waals surface area contributed by atoms with Crippen molar-refractivity contribution in [2.45, 2.75) is 11.6 Å². The first-order valence-electron chi connectivity index (χ1n) is 8.92. The average Bonchev–Trinajstić information content (AvgIpc) is 3.07. The molecule has 1 aromatic heterocycles. The normalized spacial score (nSPS) is 10.6. The molecule has 1 heterocycles. The summed E-state index contributed by atoms with van der Waals surface area (Å²) in [6, 6.07) is 16.5. The van der Waals surface area contributed by atoms with Crippen LogP contribution in [0.4, 0.5) is 5.69 Å². The number of carbonyl (C=O) groups excluding carboxylic acids is 2. The van der Waals surface area contributed by atoms with Crippen LogP contribution in [0.25, 0.3) is 0 Å². The Hall–Kier alpha value is -2.65. The Morgan fingerprint density at radius 2 is 1.79 bits per heavy atom. The zero-order valence-corrected chi connectivity index (χ0v) is 18.2. The van der Waals surface area contributed by atoms with E-state index in [2.05, 4.69) is 36.8 Å². The number of carbonyl (C=O) groups is 2. The zero-order chi connectivity index (χ0) is 20.6. The van der Waals surface area contributed by atoms with Crippen molar-refractivity contribution in [3.8, 4) is 0 Å². The highest BCUT2D eigenvalue weighted by Gasteiger charge is 2.12. The summed E-state index contributed by atoms with van der Waals surface area (Å²) in [5.41, 5.74) is 1.37. The lowest BCUT2D eigenvalue weighted by molar-refractivity contribution is -0.113. The Labute approximate surface area is 181 Å². The van der Waals surface area contributed by atoms with Crippen LogP contribution in [0.1, 0.15) is 16.2 Å². The smallest absolute Gasteiger partial charge is 0.251 e. The van der Waals surface area contributed by atoms with Gasteiger partial charge in [-0.3, -0.25) is 9.59 Å². The summed E-state index contributed by atoms with van der Waals surface area (Å²) in [5.74, 6) is 0.743. The van der Waals surface area contributed by atoms with Gasteiger partial charge in [-0.05, 0) is 36.4 Å². The lowest BCUT2D eigenvalue weighted by Gasteiger charge is -2.07. The van der Waals surface area contributed by atoms with Crippen LogP contribution in [0.5, 0.6) is 0 Å². The molecule has 0 aliphatic carbocycles. The molecule has 9 heteroatoms. The van der Waals surface area contributed by atoms with Gasteiger partial charge in [0.1, 0.15) is 5.82 Å². The molecule has 7 nitrogen and oxygen atoms in total. The van der Waals surface area contributed by atoms with Crippen LogP contribution in [-0.2, 0) is 18.3 Å². The fourth-order valence-electron chi connectivity index (χ4n) is 2.53. The molecule has 29 heavy (non-hydrogen) atoms. The molecule has 3 rings (SSSR count). The summed E-state index contributed by atoms with van der Waals surface area (Å²) in [5, 5.41) is 14.7. The van der Waals surface area contributed by atoms with Gasteiger partial charge in [0.25, 0.3) is 5.91 Å². The Kier molecular flexibility index (Phi) is 7.42. The highest BCUT2D eigenvalue weighted by atomic mass is 79.9. The number of hydrogen-bond donors (Lipinski definition) is 2. The predicted molar refractivity (Wildman–Crippen MR) is 117 cm³/mol. The van der Waals surface area contributed by atoms with Gasteiger partial charge in [0.2, 0.25) is 5.91 Å². The maximum atomic E-state index is 12.1. The van der Waals surface area contributed by atoms with E-state index in [9.17, 15) is 9.59 Å². The number of benzene rings is 2. The number of para-hydroxylation sites is 1. The van der Waals surface area contributed by atoms with Crippen molar-refractivity contribution in [2.24, 2.45) is 7.05 Å². The third-order valence-electron chi connectivity index (χ3n) is 4.06. The van der Waals surface area contributed by atoms with Gasteiger partial charge in [-0.2, -0.15) is 0 Å². The van der Waals surface area contributed by atoms with Gasteiger partial charge in [-0.1, -0.05) is 45.9 Å². The van der Waals surface area contributed by atoms with Gasteiger partial charge in [0, 0.05) is 35.7 Å². The molecular formula is C20H20BrN5O2S. The van der Waals surface area contributed by atoms with Crippen molar-refractivity contribution in [2.75, 3.05) is 17.6 Å². The monoisotopic (exact) mass is 473 g/mol. The molecule has 0 bridgehead atoms. The number of halogens is 1. The van der Waals surface area contributed by atoms with Gasteiger partial charge in [-0.15, -0.1) is 10.2 Å². The fourth-order valence-corrected chi connectivity index (χ4v) is 3.52. The minimum absolute atomic E-state index is 0.104. The van der Waals surface area contributed by atoms with E-state index in [4.69, 9.17) is 0 Å². The Morgan fingerprint density at radius 1 is 1.07 bits per heavy atom. The van der Waals surface area contributed by atoms with Crippen LogP contribution in [0.3, 0.4) is 0 Å². The predicted octanol–water partition coefficient (Wildman–Crippen LogP) is 3.28. The van der Waals surface area contributed by atoms with E-state index in [1.807, 2.05) is 54.1 Å². The molecule has 0 unspecified atom stereocenters. The van der Waals surface area contributed by atoms with Crippen molar-refractivity contribution < 1.29 is 9.59 Å². The summed E-state index contributed by atoms with van der Waals surface area (Å²) < 4.78 is 2.77. The van der Waals surface area contributed by atoms with Crippen LogP contribution in [0, 0.1) is 0 Å². The SMILES string of the molecule is Cn1c(CCNC(=O)c2ccc(Br)cc2)nnc1SCC(=O)Nc1ccccc1. The fraction of sp³-hybridized carbons (Fsp3) is 0.200. The second kappa shape index (κ2) is 10.2. The van der Waals surface area contributed by atoms with Crippen LogP contribution >= 0.6 is 27.7 Å². The first kappa shape index (κ1) is 21.1. The minimum Gasteiger partial charge on any atom is -0.352 e. The van der Waals surface area contributed by atoms with Gasteiger partial charge in [0.15, 0.2) is 5.16 Å². The molecular weight excluding hydrogens is 454 g/mol. The largest absolute Gasteiger partial charge is 0.352 e. The third-order valence-corrected chi connectivity index (χ3v) is 5.60. The standard InChI is InChI=1S/C20H20BrN5O2S/c1-26-17(11-12-22-19(28)14-7-9-15(21)10-8-14)24-25-20(26)29-13-18(27)23-16-5-3-2-4-6-16/h2-10H,11-13H2,1H3,(H,22,28)(H,23,27). The average molecular weight is 474 g/mol. The summed E-state index contributed by atoms with van der Waals surface area (Å²) in [6.45, 7) is 0.444. The van der Waals surface area contributed by atoms with Crippen molar-refractivity contribution in [1.29, 1.82) is 0 Å². The van der Waals surface area contributed by atoms with Crippen LogP contribution in [-0.4, -0.2) is 38.9 Å². The molecule has 2 amide bonds. The highest BCUT2D eigenvalue weighted by Crippen LogP contribution is 2.16. The molecule has 0 radical (unpaired) electrons. The number of hydrogen-bond acceptors (Lipinski definition) is 5. The van der Waals surface area contributed by atoms with E-state index >= 15 is 0 Å². The van der Waals surface area contributed by atoms with Crippen LogP contribution in [0.15, 0.2) is 64.2 Å². The van der Waals surface area contributed by atoms with Gasteiger partial charge in [-0.25, -0.2) is 0 Å². The molecule has 0 saturated carbocycles. The molecule has 3 aromatic rings. The van der Waals surface area contributed by atoms with E-state index < -0.39 is 0 Å². The molecule has 0 saturated heterocycles. The quantitative estimate of drug-likeness (QED) is 0.490. The molecule has 0 aliphatic heterocycles. The number of nitrogens with one attached hydrogen (secondary N) is 2. The number of amides is 2. The summed E-state index contributed by atoms with van der Waals surface area (Å²) in [7, 11) is 1.85. The van der Waals surface area contributed by atoms with Gasteiger partial charge < -0.3 is 15.2 Å². The number of nitrogens with zero attached hydrogens (tertiary/aromatic N) is 3. The third kappa shape index (κ3) is 6.16. The van der Waals surface area contributed by atoms with E-state index in [-0.39, 0.29) is 17.6 Å². The van der Waals surface area contributed by atoms with E-state index in [0.29, 0.717) is 23.7 Å². The highest BCUT2D eigenvalue weighted by molar-refractivity contribution is 9.10. The number of thioether (sulfide) groups is 1. The Morgan fingerprint density at radius 3 is 2.52 bits per heavy atom. The Balaban J connectivity index is 1.45. The van der Waals surface area contributed by atoms with Gasteiger partial charge in [0.05, 0.1) is 5.75 Å². The van der Waals surface area contributed by atoms with Crippen LogP contribution in [0.2, 0.25) is 0 Å². The lowest BCUT2D eigenvalue weighted by Crippen LogP contribution is -2.26. The number of anilines is 1. The second-order valence-corrected chi connectivity index (χ2v) is 8.03. The number of rotatable bonds is 8. The first-order valence-corrected chi connectivity index (χ1v) is 10.7. The first-order chi connectivity index (χ1) is 14.0. The Bertz CT molecular complexity index is 976. The molecule has 0 aliphatic rings. The van der Waals surface area contributed by atoms with E-state index in [0.717, 1.165) is 16.0 Å². The maximum absolute atomic E-state index is 12.1. The van der Waals surface area contributed by atoms with Crippen LogP contribution < -0.4 is 10.6 Å². The lowest BCUT2D eigenvalue weighted by atomic mass is 10.2. The second-order valence-electron chi connectivity index (χ2n) is 6.17. The van der Waals surface area contributed by atoms with Crippen molar-refractivity contribution in [1.82, 2.24) is 20.1 Å². The van der Waals surface area contributed by atoms with Gasteiger partial charge >= 0.3 is 0 Å². The summed E-state index contributed by atoms with van der Waals surface area (Å²) in [6.07, 6.45) is 0.544.